The van der Waals surface area contributed by atoms with Crippen molar-refractivity contribution in [2.24, 2.45) is 0 Å². The predicted octanol–water partition coefficient (Wildman–Crippen LogP) is 6.80. The molecule has 0 N–H and O–H groups in total. The lowest BCUT2D eigenvalue weighted by Crippen LogP contribution is -2.16. The Hall–Kier alpha value is -1.67. The molecule has 1 aliphatic heterocycles. The summed E-state index contributed by atoms with van der Waals surface area (Å²) in [4.78, 5) is 12.7. The first-order chi connectivity index (χ1) is 11.9. The predicted molar refractivity (Wildman–Crippen MR) is 85.4 cm³/mol. The molecule has 2 aromatic rings. The van der Waals surface area contributed by atoms with Crippen molar-refractivity contribution in [1.82, 2.24) is 0 Å². The molecule has 1 unspecified atom stereocenters. The smallest absolute Gasteiger partial charge is 0.294 e. The third kappa shape index (κ3) is 3.86. The second kappa shape index (κ2) is 6.49. The van der Waals surface area contributed by atoms with Crippen LogP contribution in [0.2, 0.25) is 5.02 Å². The number of Topliss-reactive ketones (excluding diaryl/α,β-unsaturated/α-hetero) is 1. The van der Waals surface area contributed by atoms with E-state index in [0.29, 0.717) is 27.6 Å². The number of halogens is 7. The zero-order valence-electron chi connectivity index (χ0n) is 12.7. The van der Waals surface area contributed by atoms with Crippen molar-refractivity contribution in [2.45, 2.75) is 28.9 Å². The lowest BCUT2D eigenvalue weighted by atomic mass is 9.97. The zero-order valence-corrected chi connectivity index (χ0v) is 14.3. The summed E-state index contributed by atoms with van der Waals surface area (Å²) in [5.74, 6) is -0.378. The molecule has 0 aromatic heterocycles. The van der Waals surface area contributed by atoms with Crippen molar-refractivity contribution in [3.63, 3.8) is 0 Å². The van der Waals surface area contributed by atoms with Gasteiger partial charge in [-0.3, -0.25) is 4.79 Å². The standard InChI is InChI=1S/C17H9ClF6OS/c18-11-1-2-14-12(6-11)13(25)7-15(26-14)8-3-9(16(19,20)21)5-10(4-8)17(22,23)24/h1-6,15H,7H2. The largest absolute Gasteiger partial charge is 0.416 e. The summed E-state index contributed by atoms with van der Waals surface area (Å²) in [6.07, 6.45) is -10.1. The average Bonchev–Trinajstić information content (AvgIpc) is 2.53. The molecule has 9 heteroatoms. The Morgan fingerprint density at radius 3 is 2.04 bits per heavy atom. The highest BCUT2D eigenvalue weighted by molar-refractivity contribution is 7.99. The van der Waals surface area contributed by atoms with Crippen molar-refractivity contribution < 1.29 is 31.1 Å². The van der Waals surface area contributed by atoms with Gasteiger partial charge in [-0.25, -0.2) is 0 Å². The Morgan fingerprint density at radius 1 is 0.923 bits per heavy atom. The fraction of sp³-hybridized carbons (Fsp3) is 0.235. The van der Waals surface area contributed by atoms with E-state index in [0.717, 1.165) is 11.8 Å². The van der Waals surface area contributed by atoms with Crippen LogP contribution in [0.3, 0.4) is 0 Å². The summed E-state index contributed by atoms with van der Waals surface area (Å²) in [6, 6.07) is 5.89. The first-order valence-electron chi connectivity index (χ1n) is 7.24. The van der Waals surface area contributed by atoms with E-state index < -0.39 is 28.7 Å². The van der Waals surface area contributed by atoms with E-state index in [-0.39, 0.29) is 23.8 Å². The molecule has 0 fully saturated rings. The molecule has 26 heavy (non-hydrogen) atoms. The van der Waals surface area contributed by atoms with Gasteiger partial charge < -0.3 is 0 Å². The van der Waals surface area contributed by atoms with Gasteiger partial charge in [0.2, 0.25) is 0 Å². The number of thioether (sulfide) groups is 1. The zero-order chi connectivity index (χ0) is 19.3. The quantitative estimate of drug-likeness (QED) is 0.481. The van der Waals surface area contributed by atoms with Crippen LogP contribution < -0.4 is 0 Å². The fourth-order valence-corrected chi connectivity index (χ4v) is 4.08. The Morgan fingerprint density at radius 2 is 1.50 bits per heavy atom. The number of benzene rings is 2. The highest BCUT2D eigenvalue weighted by Gasteiger charge is 2.38. The van der Waals surface area contributed by atoms with Crippen molar-refractivity contribution in [3.8, 4) is 0 Å². The third-order valence-electron chi connectivity index (χ3n) is 3.86. The molecular weight excluding hydrogens is 402 g/mol. The molecule has 0 saturated heterocycles. The molecule has 0 spiro atoms. The topological polar surface area (TPSA) is 17.1 Å². The molecule has 1 atom stereocenters. The van der Waals surface area contributed by atoms with E-state index in [2.05, 4.69) is 0 Å². The Balaban J connectivity index is 2.06. The Labute approximate surface area is 153 Å². The van der Waals surface area contributed by atoms with Gasteiger partial charge in [0.1, 0.15) is 0 Å². The first-order valence-corrected chi connectivity index (χ1v) is 8.50. The van der Waals surface area contributed by atoms with E-state index in [1.807, 2.05) is 0 Å². The van der Waals surface area contributed by atoms with E-state index in [9.17, 15) is 31.1 Å². The number of carbonyl (C=O) groups excluding carboxylic acids is 1. The molecular formula is C17H9ClF6OS. The maximum atomic E-state index is 13.0. The molecule has 1 nitrogen and oxygen atoms in total. The van der Waals surface area contributed by atoms with Crippen LogP contribution >= 0.6 is 23.4 Å². The fourth-order valence-electron chi connectivity index (χ4n) is 2.65. The molecule has 3 rings (SSSR count). The van der Waals surface area contributed by atoms with Gasteiger partial charge in [-0.2, -0.15) is 26.3 Å². The van der Waals surface area contributed by atoms with Crippen molar-refractivity contribution >= 4 is 29.1 Å². The molecule has 1 heterocycles. The van der Waals surface area contributed by atoms with Gasteiger partial charge in [-0.15, -0.1) is 11.8 Å². The minimum absolute atomic E-state index is 0.0759. The minimum atomic E-state index is -4.93. The maximum Gasteiger partial charge on any atom is 0.416 e. The second-order valence-electron chi connectivity index (χ2n) is 5.71. The molecule has 0 aliphatic carbocycles. The summed E-state index contributed by atoms with van der Waals surface area (Å²) in [6.45, 7) is 0. The average molecular weight is 411 g/mol. The van der Waals surface area contributed by atoms with Crippen molar-refractivity contribution in [1.29, 1.82) is 0 Å². The van der Waals surface area contributed by atoms with E-state index in [1.165, 1.54) is 18.2 Å². The van der Waals surface area contributed by atoms with Gasteiger partial charge in [0.05, 0.1) is 11.1 Å². The van der Waals surface area contributed by atoms with Crippen LogP contribution in [-0.2, 0) is 12.4 Å². The third-order valence-corrected chi connectivity index (χ3v) is 5.43. The van der Waals surface area contributed by atoms with E-state index in [4.69, 9.17) is 11.6 Å². The normalized spacial score (nSPS) is 18.0. The lowest BCUT2D eigenvalue weighted by molar-refractivity contribution is -0.143. The first kappa shape index (κ1) is 19.1. The number of hydrogen-bond donors (Lipinski definition) is 0. The maximum absolute atomic E-state index is 13.0. The molecule has 1 aliphatic rings. The molecule has 138 valence electrons. The number of carbonyl (C=O) groups is 1. The Kier molecular flexibility index (Phi) is 4.77. The summed E-state index contributed by atoms with van der Waals surface area (Å²) in [5.41, 5.74) is -2.65. The number of rotatable bonds is 1. The summed E-state index contributed by atoms with van der Waals surface area (Å²) < 4.78 is 78.0. The van der Waals surface area contributed by atoms with Gasteiger partial charge in [-0.1, -0.05) is 11.6 Å². The van der Waals surface area contributed by atoms with Gasteiger partial charge >= 0.3 is 12.4 Å². The van der Waals surface area contributed by atoms with Crippen LogP contribution in [0.5, 0.6) is 0 Å². The van der Waals surface area contributed by atoms with Crippen LogP contribution in [0.1, 0.15) is 38.7 Å². The molecule has 2 aromatic carbocycles. The van der Waals surface area contributed by atoms with Crippen molar-refractivity contribution in [2.75, 3.05) is 0 Å². The van der Waals surface area contributed by atoms with Crippen LogP contribution in [0.4, 0.5) is 26.3 Å². The van der Waals surface area contributed by atoms with E-state index in [1.54, 1.807) is 0 Å². The summed E-state index contributed by atoms with van der Waals surface area (Å²) in [5, 5.41) is -0.519. The lowest BCUT2D eigenvalue weighted by Gasteiger charge is -2.25. The van der Waals surface area contributed by atoms with Crippen LogP contribution in [0.15, 0.2) is 41.3 Å². The second-order valence-corrected chi connectivity index (χ2v) is 7.39. The van der Waals surface area contributed by atoms with Gasteiger partial charge in [0, 0.05) is 27.2 Å². The molecule has 0 saturated carbocycles. The van der Waals surface area contributed by atoms with E-state index >= 15 is 0 Å². The van der Waals surface area contributed by atoms with Crippen LogP contribution in [0, 0.1) is 0 Å². The summed E-state index contributed by atoms with van der Waals surface area (Å²) >= 11 is 6.87. The van der Waals surface area contributed by atoms with Gasteiger partial charge in [0.15, 0.2) is 5.78 Å². The van der Waals surface area contributed by atoms with Crippen LogP contribution in [-0.4, -0.2) is 5.78 Å². The molecule has 0 bridgehead atoms. The Bertz CT molecular complexity index is 842. The molecule has 0 radical (unpaired) electrons. The molecule has 0 amide bonds. The summed E-state index contributed by atoms with van der Waals surface area (Å²) in [7, 11) is 0. The number of hydrogen-bond acceptors (Lipinski definition) is 2. The SMILES string of the molecule is O=C1CC(c2cc(C(F)(F)F)cc(C(F)(F)F)c2)Sc2ccc(Cl)cc21. The number of alkyl halides is 6. The number of ketones is 1. The van der Waals surface area contributed by atoms with Crippen molar-refractivity contribution in [3.05, 3.63) is 63.7 Å². The minimum Gasteiger partial charge on any atom is -0.294 e. The highest BCUT2D eigenvalue weighted by Crippen LogP contribution is 2.47. The van der Waals surface area contributed by atoms with Gasteiger partial charge in [-0.05, 0) is 42.0 Å². The van der Waals surface area contributed by atoms with Gasteiger partial charge in [0.25, 0.3) is 0 Å². The number of fused-ring (bicyclic) bond motifs is 1. The monoisotopic (exact) mass is 410 g/mol. The highest BCUT2D eigenvalue weighted by atomic mass is 35.5. The van der Waals surface area contributed by atoms with Crippen LogP contribution in [0.25, 0.3) is 0 Å².